The highest BCUT2D eigenvalue weighted by Gasteiger charge is 2.15. The lowest BCUT2D eigenvalue weighted by Crippen LogP contribution is -2.27. The van der Waals surface area contributed by atoms with Gasteiger partial charge in [0.2, 0.25) is 0 Å². The van der Waals surface area contributed by atoms with Crippen LogP contribution in [0.25, 0.3) is 0 Å². The van der Waals surface area contributed by atoms with Crippen LogP contribution in [0.1, 0.15) is 44.4 Å². The van der Waals surface area contributed by atoms with Crippen molar-refractivity contribution in [1.29, 1.82) is 0 Å². The smallest absolute Gasteiger partial charge is 0.371 e. The minimum absolute atomic E-state index is 0.661. The van der Waals surface area contributed by atoms with Crippen LogP contribution in [-0.4, -0.2) is 29.3 Å². The van der Waals surface area contributed by atoms with Gasteiger partial charge in [0.05, 0.1) is 0 Å². The van der Waals surface area contributed by atoms with Crippen LogP contribution in [-0.2, 0) is 19.7 Å². The van der Waals surface area contributed by atoms with Crippen molar-refractivity contribution in [1.82, 2.24) is 0 Å². The van der Waals surface area contributed by atoms with E-state index in [2.05, 4.69) is 39.0 Å². The molecule has 0 saturated carbocycles. The number of aryl methyl sites for hydroxylation is 3. The maximum absolute atomic E-state index is 5.18. The number of rotatable bonds is 7. The Kier molecular flexibility index (Phi) is 11.7. The van der Waals surface area contributed by atoms with Gasteiger partial charge in [-0.25, -0.2) is 0 Å². The first-order valence-corrected chi connectivity index (χ1v) is 8.62. The molecular weight excluding hydrogens is 268 g/mol. The van der Waals surface area contributed by atoms with E-state index < -0.39 is 9.53 Å². The van der Waals surface area contributed by atoms with Crippen molar-refractivity contribution in [3.05, 3.63) is 34.9 Å². The van der Waals surface area contributed by atoms with Crippen molar-refractivity contribution in [2.24, 2.45) is 0 Å². The summed E-state index contributed by atoms with van der Waals surface area (Å²) in [5.74, 6) is 0. The van der Waals surface area contributed by atoms with Gasteiger partial charge in [0.1, 0.15) is 0 Å². The summed E-state index contributed by atoms with van der Waals surface area (Å²) in [4.78, 5) is 0. The van der Waals surface area contributed by atoms with Gasteiger partial charge in [-0.15, -0.1) is 0 Å². The molecule has 3 nitrogen and oxygen atoms in total. The minimum atomic E-state index is -1.40. The lowest BCUT2D eigenvalue weighted by atomic mass is 10.0. The lowest BCUT2D eigenvalue weighted by Gasteiger charge is -2.10. The average molecular weight is 297 g/mol. The van der Waals surface area contributed by atoms with Crippen LogP contribution in [0.3, 0.4) is 0 Å². The molecule has 0 unspecified atom stereocenters. The molecule has 0 N–H and O–H groups in total. The summed E-state index contributed by atoms with van der Waals surface area (Å²) in [5, 5.41) is 0. The molecule has 0 atom stereocenters. The van der Waals surface area contributed by atoms with E-state index in [-0.39, 0.29) is 0 Å². The molecule has 115 valence electrons. The van der Waals surface area contributed by atoms with Crippen LogP contribution in [0, 0.1) is 13.8 Å². The third-order valence-corrected chi connectivity index (χ3v) is 4.25. The van der Waals surface area contributed by atoms with E-state index in [0.29, 0.717) is 19.8 Å². The Balaban J connectivity index is 0.000000361. The molecule has 0 aromatic heterocycles. The molecule has 4 heteroatoms. The topological polar surface area (TPSA) is 27.7 Å². The summed E-state index contributed by atoms with van der Waals surface area (Å²) in [7, 11) is -1.40. The fraction of sp³-hybridized carbons (Fsp3) is 0.625. The quantitative estimate of drug-likeness (QED) is 0.713. The Morgan fingerprint density at radius 1 is 0.850 bits per heavy atom. The second-order valence-electron chi connectivity index (χ2n) is 4.33. The first-order valence-electron chi connectivity index (χ1n) is 7.40. The van der Waals surface area contributed by atoms with Crippen LogP contribution >= 0.6 is 0 Å². The Labute approximate surface area is 126 Å². The van der Waals surface area contributed by atoms with Crippen molar-refractivity contribution in [3.63, 3.8) is 0 Å². The SMILES string of the molecule is CCO[Si](OCC)OCC.CCc1cc(C)ccc1C. The fourth-order valence-corrected chi connectivity index (χ4v) is 2.62. The van der Waals surface area contributed by atoms with Gasteiger partial charge in [-0.2, -0.15) is 0 Å². The summed E-state index contributed by atoms with van der Waals surface area (Å²) in [6.07, 6.45) is 1.15. The first-order chi connectivity index (χ1) is 9.58. The van der Waals surface area contributed by atoms with Gasteiger partial charge in [-0.1, -0.05) is 30.7 Å². The van der Waals surface area contributed by atoms with E-state index in [1.165, 1.54) is 16.7 Å². The standard InChI is InChI=1S/C10H14.C6H15O3Si/c1-4-10-7-8(2)5-6-9(10)3;1-4-7-10(8-5-2)9-6-3/h5-7H,4H2,1-3H3;4-6H2,1-3H3. The van der Waals surface area contributed by atoms with Gasteiger partial charge in [0.15, 0.2) is 0 Å². The molecule has 0 saturated heterocycles. The summed E-state index contributed by atoms with van der Waals surface area (Å²) >= 11 is 0. The van der Waals surface area contributed by atoms with Crippen molar-refractivity contribution in [2.45, 2.75) is 48.0 Å². The molecule has 1 aromatic carbocycles. The van der Waals surface area contributed by atoms with E-state index in [9.17, 15) is 0 Å². The van der Waals surface area contributed by atoms with E-state index >= 15 is 0 Å². The number of hydrogen-bond acceptors (Lipinski definition) is 3. The highest BCUT2D eigenvalue weighted by atomic mass is 28.3. The van der Waals surface area contributed by atoms with Gasteiger partial charge >= 0.3 is 9.53 Å². The molecule has 1 aromatic rings. The van der Waals surface area contributed by atoms with E-state index in [4.69, 9.17) is 13.3 Å². The summed E-state index contributed by atoms with van der Waals surface area (Å²) in [6, 6.07) is 6.61. The number of hydrogen-bond donors (Lipinski definition) is 0. The van der Waals surface area contributed by atoms with Crippen LogP contribution in [0.5, 0.6) is 0 Å². The average Bonchev–Trinajstić information content (AvgIpc) is 2.43. The van der Waals surface area contributed by atoms with Crippen LogP contribution < -0.4 is 0 Å². The molecule has 0 aliphatic carbocycles. The third kappa shape index (κ3) is 8.48. The molecule has 0 bridgehead atoms. The maximum atomic E-state index is 5.18. The molecule has 20 heavy (non-hydrogen) atoms. The number of benzene rings is 1. The third-order valence-electron chi connectivity index (χ3n) is 2.67. The lowest BCUT2D eigenvalue weighted by molar-refractivity contribution is 0.107. The highest BCUT2D eigenvalue weighted by molar-refractivity contribution is 6.36. The van der Waals surface area contributed by atoms with Crippen LogP contribution in [0.4, 0.5) is 0 Å². The minimum Gasteiger partial charge on any atom is -0.371 e. The van der Waals surface area contributed by atoms with Crippen LogP contribution in [0.2, 0.25) is 0 Å². The second-order valence-corrected chi connectivity index (χ2v) is 5.70. The zero-order valence-electron chi connectivity index (χ0n) is 13.8. The fourth-order valence-electron chi connectivity index (χ4n) is 1.66. The zero-order chi connectivity index (χ0) is 15.4. The maximum Gasteiger partial charge on any atom is 0.577 e. The Morgan fingerprint density at radius 3 is 1.70 bits per heavy atom. The summed E-state index contributed by atoms with van der Waals surface area (Å²) in [5.41, 5.74) is 4.25. The molecule has 1 rings (SSSR count). The van der Waals surface area contributed by atoms with Crippen LogP contribution in [0.15, 0.2) is 18.2 Å². The van der Waals surface area contributed by atoms with Gasteiger partial charge in [-0.3, -0.25) is 0 Å². The largest absolute Gasteiger partial charge is 0.577 e. The molecule has 0 spiro atoms. The molecule has 0 aliphatic rings. The van der Waals surface area contributed by atoms with Crippen molar-refractivity contribution < 1.29 is 13.3 Å². The van der Waals surface area contributed by atoms with E-state index in [0.717, 1.165) is 6.42 Å². The van der Waals surface area contributed by atoms with E-state index in [1.807, 2.05) is 20.8 Å². The summed E-state index contributed by atoms with van der Waals surface area (Å²) < 4.78 is 15.5. The monoisotopic (exact) mass is 297 g/mol. The van der Waals surface area contributed by atoms with E-state index in [1.54, 1.807) is 0 Å². The normalized spacial score (nSPS) is 10.3. The molecule has 1 radical (unpaired) electrons. The molecule has 0 aliphatic heterocycles. The van der Waals surface area contributed by atoms with Gasteiger partial charge in [0.25, 0.3) is 0 Å². The van der Waals surface area contributed by atoms with Gasteiger partial charge < -0.3 is 13.3 Å². The zero-order valence-corrected chi connectivity index (χ0v) is 14.8. The second kappa shape index (κ2) is 12.1. The van der Waals surface area contributed by atoms with Gasteiger partial charge in [0, 0.05) is 19.8 Å². The molecule has 0 fully saturated rings. The Bertz CT molecular complexity index is 341. The predicted octanol–water partition coefficient (Wildman–Crippen LogP) is 3.95. The van der Waals surface area contributed by atoms with Crippen molar-refractivity contribution >= 4 is 9.53 Å². The highest BCUT2D eigenvalue weighted by Crippen LogP contribution is 2.10. The summed E-state index contributed by atoms with van der Waals surface area (Å²) in [6.45, 7) is 14.3. The molecule has 0 heterocycles. The molecular formula is C16H29O3Si. The van der Waals surface area contributed by atoms with Crippen molar-refractivity contribution in [3.8, 4) is 0 Å². The van der Waals surface area contributed by atoms with Crippen molar-refractivity contribution in [2.75, 3.05) is 19.8 Å². The Morgan fingerprint density at radius 2 is 1.35 bits per heavy atom. The van der Waals surface area contributed by atoms with Gasteiger partial charge in [-0.05, 0) is 52.2 Å². The predicted molar refractivity (Wildman–Crippen MR) is 85.9 cm³/mol. The molecule has 0 amide bonds. The Hall–Kier alpha value is -0.683. The first kappa shape index (κ1) is 19.3.